The fourth-order valence-corrected chi connectivity index (χ4v) is 1.59. The second-order valence-electron chi connectivity index (χ2n) is 3.41. The molecule has 2 aromatic rings. The summed E-state index contributed by atoms with van der Waals surface area (Å²) in [6.45, 7) is 1.96. The zero-order valence-electron chi connectivity index (χ0n) is 8.83. The van der Waals surface area contributed by atoms with Crippen molar-refractivity contribution in [2.45, 2.75) is 6.92 Å². The molecule has 3 N–H and O–H groups in total. The predicted octanol–water partition coefficient (Wildman–Crippen LogP) is 1.28. The molecule has 0 aromatic carbocycles. The number of rotatable bonds is 2. The van der Waals surface area contributed by atoms with Crippen LogP contribution in [-0.4, -0.2) is 20.6 Å². The van der Waals surface area contributed by atoms with Gasteiger partial charge in [-0.15, -0.1) is 0 Å². The van der Waals surface area contributed by atoms with E-state index in [0.717, 1.165) is 11.3 Å². The summed E-state index contributed by atoms with van der Waals surface area (Å²) in [5.74, 6) is 0.0845. The molecule has 2 aromatic heterocycles. The first-order valence-corrected chi connectivity index (χ1v) is 4.80. The molecule has 0 spiro atoms. The molecule has 5 nitrogen and oxygen atoms in total. The van der Waals surface area contributed by atoms with Gasteiger partial charge in [-0.3, -0.25) is 4.98 Å². The van der Waals surface area contributed by atoms with Crippen molar-refractivity contribution in [3.05, 3.63) is 48.0 Å². The molecule has 0 unspecified atom stereocenters. The van der Waals surface area contributed by atoms with Gasteiger partial charge in [0.2, 0.25) is 0 Å². The first kappa shape index (κ1) is 10.2. The molecule has 0 aliphatic rings. The maximum atomic E-state index is 8.68. The van der Waals surface area contributed by atoms with Crippen LogP contribution in [0.2, 0.25) is 0 Å². The summed E-state index contributed by atoms with van der Waals surface area (Å²) in [6, 6.07) is 5.51. The van der Waals surface area contributed by atoms with Crippen LogP contribution in [0.5, 0.6) is 0 Å². The van der Waals surface area contributed by atoms with E-state index in [1.165, 1.54) is 0 Å². The molecule has 2 heterocycles. The molecule has 16 heavy (non-hydrogen) atoms. The van der Waals surface area contributed by atoms with Crippen LogP contribution in [0.25, 0.3) is 5.69 Å². The number of hydrogen-bond acceptors (Lipinski definition) is 3. The SMILES string of the molecule is Cc1cnccc1-n1cccc1/C(N)=N/O. The van der Waals surface area contributed by atoms with Crippen molar-refractivity contribution in [2.24, 2.45) is 10.9 Å². The van der Waals surface area contributed by atoms with Crippen LogP contribution in [0.3, 0.4) is 0 Å². The Hall–Kier alpha value is -2.30. The highest BCUT2D eigenvalue weighted by Gasteiger charge is 2.08. The fraction of sp³-hybridized carbons (Fsp3) is 0.0909. The van der Waals surface area contributed by atoms with E-state index in [1.807, 2.05) is 29.8 Å². The van der Waals surface area contributed by atoms with Gasteiger partial charge < -0.3 is 15.5 Å². The zero-order valence-corrected chi connectivity index (χ0v) is 8.83. The number of nitrogens with zero attached hydrogens (tertiary/aromatic N) is 3. The lowest BCUT2D eigenvalue weighted by atomic mass is 10.2. The van der Waals surface area contributed by atoms with Crippen molar-refractivity contribution in [3.8, 4) is 5.69 Å². The molecule has 0 aliphatic carbocycles. The van der Waals surface area contributed by atoms with Crippen molar-refractivity contribution in [1.29, 1.82) is 0 Å². The first-order chi connectivity index (χ1) is 7.74. The average Bonchev–Trinajstić information content (AvgIpc) is 2.77. The standard InChI is InChI=1S/C11H12N4O/c1-8-7-13-5-4-9(8)15-6-2-3-10(15)11(12)14-16/h2-7,16H,1H3,(H2,12,14). The second kappa shape index (κ2) is 4.06. The minimum Gasteiger partial charge on any atom is -0.409 e. The third kappa shape index (κ3) is 1.63. The van der Waals surface area contributed by atoms with Crippen molar-refractivity contribution < 1.29 is 5.21 Å². The molecular weight excluding hydrogens is 204 g/mol. The number of aromatic nitrogens is 2. The number of oxime groups is 1. The van der Waals surface area contributed by atoms with Gasteiger partial charge in [0.05, 0.1) is 11.4 Å². The average molecular weight is 216 g/mol. The van der Waals surface area contributed by atoms with E-state index in [9.17, 15) is 0 Å². The Morgan fingerprint density at radius 2 is 2.31 bits per heavy atom. The fourth-order valence-electron chi connectivity index (χ4n) is 1.59. The highest BCUT2D eigenvalue weighted by atomic mass is 16.4. The van der Waals surface area contributed by atoms with Gasteiger partial charge in [0.1, 0.15) is 0 Å². The molecule has 0 fully saturated rings. The number of hydrogen-bond donors (Lipinski definition) is 2. The van der Waals surface area contributed by atoms with E-state index in [1.54, 1.807) is 18.5 Å². The number of nitrogens with two attached hydrogens (primary N) is 1. The number of amidine groups is 1. The predicted molar refractivity (Wildman–Crippen MR) is 60.8 cm³/mol. The first-order valence-electron chi connectivity index (χ1n) is 4.80. The maximum absolute atomic E-state index is 8.68. The monoisotopic (exact) mass is 216 g/mol. The molecule has 0 radical (unpaired) electrons. The van der Waals surface area contributed by atoms with E-state index in [-0.39, 0.29) is 5.84 Å². The Bertz CT molecular complexity index is 530. The lowest BCUT2D eigenvalue weighted by Gasteiger charge is -2.10. The number of pyridine rings is 1. The molecule has 0 saturated heterocycles. The molecule has 2 rings (SSSR count). The van der Waals surface area contributed by atoms with E-state index < -0.39 is 0 Å². The largest absolute Gasteiger partial charge is 0.409 e. The third-order valence-electron chi connectivity index (χ3n) is 2.37. The van der Waals surface area contributed by atoms with Crippen LogP contribution >= 0.6 is 0 Å². The van der Waals surface area contributed by atoms with E-state index in [0.29, 0.717) is 5.69 Å². The van der Waals surface area contributed by atoms with Crippen LogP contribution in [0.15, 0.2) is 41.9 Å². The Balaban J connectivity index is 2.58. The van der Waals surface area contributed by atoms with Crippen molar-refractivity contribution in [1.82, 2.24) is 9.55 Å². The van der Waals surface area contributed by atoms with Gasteiger partial charge in [-0.25, -0.2) is 0 Å². The van der Waals surface area contributed by atoms with E-state index in [2.05, 4.69) is 10.1 Å². The van der Waals surface area contributed by atoms with Gasteiger partial charge in [-0.2, -0.15) is 0 Å². The minimum atomic E-state index is 0.0845. The Kier molecular flexibility index (Phi) is 2.59. The quantitative estimate of drug-likeness (QED) is 0.343. The lowest BCUT2D eigenvalue weighted by Crippen LogP contribution is -2.17. The van der Waals surface area contributed by atoms with E-state index >= 15 is 0 Å². The molecule has 82 valence electrons. The molecule has 5 heteroatoms. The Morgan fingerprint density at radius 3 is 3.00 bits per heavy atom. The highest BCUT2D eigenvalue weighted by Crippen LogP contribution is 2.15. The molecular formula is C11H12N4O. The minimum absolute atomic E-state index is 0.0845. The van der Waals surface area contributed by atoms with Gasteiger partial charge in [0.25, 0.3) is 0 Å². The van der Waals surface area contributed by atoms with Gasteiger partial charge >= 0.3 is 0 Å². The van der Waals surface area contributed by atoms with Gasteiger partial charge in [-0.05, 0) is 30.7 Å². The molecule has 0 bridgehead atoms. The van der Waals surface area contributed by atoms with Crippen molar-refractivity contribution >= 4 is 5.84 Å². The van der Waals surface area contributed by atoms with Gasteiger partial charge in [-0.1, -0.05) is 5.16 Å². The van der Waals surface area contributed by atoms with Crippen LogP contribution < -0.4 is 5.73 Å². The summed E-state index contributed by atoms with van der Waals surface area (Å²) in [4.78, 5) is 4.03. The topological polar surface area (TPSA) is 76.4 Å². The van der Waals surface area contributed by atoms with Crippen LogP contribution in [0.1, 0.15) is 11.3 Å². The molecule has 0 atom stereocenters. The van der Waals surface area contributed by atoms with Crippen LogP contribution in [0, 0.1) is 6.92 Å². The molecule has 0 aliphatic heterocycles. The smallest absolute Gasteiger partial charge is 0.187 e. The lowest BCUT2D eigenvalue weighted by molar-refractivity contribution is 0.318. The summed E-state index contributed by atoms with van der Waals surface area (Å²) >= 11 is 0. The summed E-state index contributed by atoms with van der Waals surface area (Å²) in [5.41, 5.74) is 8.22. The van der Waals surface area contributed by atoms with Crippen molar-refractivity contribution in [2.75, 3.05) is 0 Å². The zero-order chi connectivity index (χ0) is 11.5. The molecule has 0 amide bonds. The summed E-state index contributed by atoms with van der Waals surface area (Å²) in [6.07, 6.45) is 5.33. The Morgan fingerprint density at radius 1 is 1.50 bits per heavy atom. The third-order valence-corrected chi connectivity index (χ3v) is 2.37. The van der Waals surface area contributed by atoms with Crippen LogP contribution in [-0.2, 0) is 0 Å². The summed E-state index contributed by atoms with van der Waals surface area (Å²) in [5, 5.41) is 11.7. The van der Waals surface area contributed by atoms with Crippen LogP contribution in [0.4, 0.5) is 0 Å². The Labute approximate surface area is 92.8 Å². The van der Waals surface area contributed by atoms with Gasteiger partial charge in [0, 0.05) is 18.6 Å². The maximum Gasteiger partial charge on any atom is 0.187 e. The highest BCUT2D eigenvalue weighted by molar-refractivity contribution is 5.96. The normalized spacial score (nSPS) is 11.7. The van der Waals surface area contributed by atoms with E-state index in [4.69, 9.17) is 10.9 Å². The van der Waals surface area contributed by atoms with Gasteiger partial charge in [0.15, 0.2) is 5.84 Å². The summed E-state index contributed by atoms with van der Waals surface area (Å²) in [7, 11) is 0. The summed E-state index contributed by atoms with van der Waals surface area (Å²) < 4.78 is 1.85. The molecule has 0 saturated carbocycles. The second-order valence-corrected chi connectivity index (χ2v) is 3.41. The number of aryl methyl sites for hydroxylation is 1. The van der Waals surface area contributed by atoms with Crippen molar-refractivity contribution in [3.63, 3.8) is 0 Å².